The summed E-state index contributed by atoms with van der Waals surface area (Å²) < 4.78 is 0. The Bertz CT molecular complexity index is 441. The minimum absolute atomic E-state index is 0.103. The molecule has 1 heterocycles. The molecule has 1 atom stereocenters. The Morgan fingerprint density at radius 2 is 1.95 bits per heavy atom. The summed E-state index contributed by atoms with van der Waals surface area (Å²) in [6, 6.07) is 8.58. The summed E-state index contributed by atoms with van der Waals surface area (Å²) in [7, 11) is 1.83. The number of nitrogens with zero attached hydrogens (tertiary/aromatic N) is 2. The maximum atomic E-state index is 12.0. The average Bonchev–Trinajstić information content (AvgIpc) is 2.41. The van der Waals surface area contributed by atoms with Gasteiger partial charge >= 0.3 is 0 Å². The number of hydrogen-bond donors (Lipinski definition) is 1. The first kappa shape index (κ1) is 13.9. The van der Waals surface area contributed by atoms with Gasteiger partial charge in [0.2, 0.25) is 5.91 Å². The molecule has 0 spiro atoms. The van der Waals surface area contributed by atoms with E-state index in [9.17, 15) is 4.79 Å². The molecule has 0 saturated carbocycles. The van der Waals surface area contributed by atoms with Crippen LogP contribution in [0.2, 0.25) is 0 Å². The highest BCUT2D eigenvalue weighted by atomic mass is 16.2. The minimum atomic E-state index is 0.103. The lowest BCUT2D eigenvalue weighted by Crippen LogP contribution is -2.57. The van der Waals surface area contributed by atoms with Gasteiger partial charge in [-0.05, 0) is 23.6 Å². The van der Waals surface area contributed by atoms with E-state index in [1.165, 1.54) is 5.56 Å². The van der Waals surface area contributed by atoms with Crippen LogP contribution in [0.5, 0.6) is 0 Å². The molecule has 4 nitrogen and oxygen atoms in total. The molecule has 1 aliphatic heterocycles. The van der Waals surface area contributed by atoms with Gasteiger partial charge in [0, 0.05) is 25.8 Å². The molecule has 104 valence electrons. The zero-order chi connectivity index (χ0) is 14.0. The fourth-order valence-corrected chi connectivity index (χ4v) is 2.42. The van der Waals surface area contributed by atoms with Crippen molar-refractivity contribution in [3.63, 3.8) is 0 Å². The van der Waals surface area contributed by atoms with E-state index in [1.54, 1.807) is 4.90 Å². The zero-order valence-corrected chi connectivity index (χ0v) is 12.0. The fourth-order valence-electron chi connectivity index (χ4n) is 2.42. The molecule has 2 N–H and O–H groups in total. The van der Waals surface area contributed by atoms with Crippen molar-refractivity contribution >= 4 is 11.6 Å². The van der Waals surface area contributed by atoms with Crippen molar-refractivity contribution < 1.29 is 4.79 Å². The van der Waals surface area contributed by atoms with Crippen molar-refractivity contribution in [1.29, 1.82) is 0 Å². The topological polar surface area (TPSA) is 49.6 Å². The highest BCUT2D eigenvalue weighted by molar-refractivity contribution is 5.83. The molecular formula is C15H23N3O. The SMILES string of the molecule is CC(C)c1ccc(N2CC(=O)N(C)C(CN)C2)cc1. The highest BCUT2D eigenvalue weighted by Gasteiger charge is 2.28. The highest BCUT2D eigenvalue weighted by Crippen LogP contribution is 2.22. The fraction of sp³-hybridized carbons (Fsp3) is 0.533. The molecule has 1 aromatic carbocycles. The summed E-state index contributed by atoms with van der Waals surface area (Å²) >= 11 is 0. The van der Waals surface area contributed by atoms with Crippen LogP contribution in [-0.2, 0) is 4.79 Å². The molecular weight excluding hydrogens is 238 g/mol. The van der Waals surface area contributed by atoms with Crippen LogP contribution in [-0.4, -0.2) is 43.5 Å². The Morgan fingerprint density at radius 1 is 1.32 bits per heavy atom. The first-order valence-corrected chi connectivity index (χ1v) is 6.83. The van der Waals surface area contributed by atoms with E-state index in [0.29, 0.717) is 19.0 Å². The first-order valence-electron chi connectivity index (χ1n) is 6.83. The number of piperazine rings is 1. The van der Waals surface area contributed by atoms with Crippen molar-refractivity contribution in [2.75, 3.05) is 31.6 Å². The van der Waals surface area contributed by atoms with Crippen LogP contribution in [0.25, 0.3) is 0 Å². The molecule has 4 heteroatoms. The van der Waals surface area contributed by atoms with E-state index in [4.69, 9.17) is 5.73 Å². The quantitative estimate of drug-likeness (QED) is 0.895. The molecule has 2 rings (SSSR count). The van der Waals surface area contributed by atoms with Crippen LogP contribution in [0.3, 0.4) is 0 Å². The summed E-state index contributed by atoms with van der Waals surface area (Å²) in [5, 5.41) is 0. The van der Waals surface area contributed by atoms with Crippen molar-refractivity contribution in [2.45, 2.75) is 25.8 Å². The van der Waals surface area contributed by atoms with Gasteiger partial charge in [-0.15, -0.1) is 0 Å². The van der Waals surface area contributed by atoms with Crippen molar-refractivity contribution in [1.82, 2.24) is 4.90 Å². The third-order valence-corrected chi connectivity index (χ3v) is 3.90. The number of carbonyl (C=O) groups is 1. The number of nitrogens with two attached hydrogens (primary N) is 1. The lowest BCUT2D eigenvalue weighted by molar-refractivity contribution is -0.131. The van der Waals surface area contributed by atoms with E-state index in [0.717, 1.165) is 12.2 Å². The Hall–Kier alpha value is -1.55. The normalized spacial score (nSPS) is 20.3. The van der Waals surface area contributed by atoms with Crippen LogP contribution in [0.15, 0.2) is 24.3 Å². The second kappa shape index (κ2) is 5.61. The monoisotopic (exact) mass is 261 g/mol. The Labute approximate surface area is 115 Å². The number of carbonyl (C=O) groups excluding carboxylic acids is 1. The summed E-state index contributed by atoms with van der Waals surface area (Å²) in [6.07, 6.45) is 0. The van der Waals surface area contributed by atoms with Crippen LogP contribution in [0.4, 0.5) is 5.69 Å². The van der Waals surface area contributed by atoms with Crippen LogP contribution >= 0.6 is 0 Å². The molecule has 1 unspecified atom stereocenters. The van der Waals surface area contributed by atoms with Gasteiger partial charge in [-0.25, -0.2) is 0 Å². The summed E-state index contributed by atoms with van der Waals surface area (Å²) in [6.45, 7) is 6.11. The number of hydrogen-bond acceptors (Lipinski definition) is 3. The maximum absolute atomic E-state index is 12.0. The van der Waals surface area contributed by atoms with Gasteiger partial charge in [0.15, 0.2) is 0 Å². The van der Waals surface area contributed by atoms with E-state index >= 15 is 0 Å². The first-order chi connectivity index (χ1) is 9.02. The molecule has 0 aliphatic carbocycles. The van der Waals surface area contributed by atoms with Gasteiger partial charge in [0.05, 0.1) is 12.6 Å². The van der Waals surface area contributed by atoms with E-state index in [1.807, 2.05) is 7.05 Å². The molecule has 1 saturated heterocycles. The smallest absolute Gasteiger partial charge is 0.242 e. The summed E-state index contributed by atoms with van der Waals surface area (Å²) in [4.78, 5) is 15.8. The number of anilines is 1. The molecule has 1 aromatic rings. The van der Waals surface area contributed by atoms with Gasteiger partial charge in [-0.3, -0.25) is 4.79 Å². The van der Waals surface area contributed by atoms with Gasteiger partial charge in [0.1, 0.15) is 0 Å². The molecule has 0 bridgehead atoms. The van der Waals surface area contributed by atoms with Crippen molar-refractivity contribution in [3.8, 4) is 0 Å². The molecule has 1 aliphatic rings. The Balaban J connectivity index is 2.15. The van der Waals surface area contributed by atoms with Gasteiger partial charge < -0.3 is 15.5 Å². The largest absolute Gasteiger partial charge is 0.360 e. The van der Waals surface area contributed by atoms with Crippen LogP contribution in [0.1, 0.15) is 25.3 Å². The van der Waals surface area contributed by atoms with Gasteiger partial charge in [-0.2, -0.15) is 0 Å². The predicted molar refractivity (Wildman–Crippen MR) is 78.4 cm³/mol. The summed E-state index contributed by atoms with van der Waals surface area (Å²) in [5.41, 5.74) is 8.16. The number of likely N-dealkylation sites (N-methyl/N-ethyl adjacent to an activating group) is 1. The van der Waals surface area contributed by atoms with Crippen molar-refractivity contribution in [3.05, 3.63) is 29.8 Å². The third-order valence-electron chi connectivity index (χ3n) is 3.90. The molecule has 19 heavy (non-hydrogen) atoms. The Morgan fingerprint density at radius 3 is 2.47 bits per heavy atom. The molecule has 0 aromatic heterocycles. The van der Waals surface area contributed by atoms with E-state index < -0.39 is 0 Å². The van der Waals surface area contributed by atoms with Crippen molar-refractivity contribution in [2.24, 2.45) is 5.73 Å². The van der Waals surface area contributed by atoms with Crippen LogP contribution < -0.4 is 10.6 Å². The molecule has 0 radical (unpaired) electrons. The number of amides is 1. The lowest BCUT2D eigenvalue weighted by atomic mass is 10.0. The summed E-state index contributed by atoms with van der Waals surface area (Å²) in [5.74, 6) is 0.662. The standard InChI is InChI=1S/C15H23N3O/c1-11(2)12-4-6-13(7-5-12)18-9-14(8-16)17(3)15(19)10-18/h4-7,11,14H,8-10,16H2,1-3H3. The van der Waals surface area contributed by atoms with E-state index in [2.05, 4.69) is 43.0 Å². The van der Waals surface area contributed by atoms with E-state index in [-0.39, 0.29) is 11.9 Å². The second-order valence-corrected chi connectivity index (χ2v) is 5.52. The second-order valence-electron chi connectivity index (χ2n) is 5.52. The number of benzene rings is 1. The zero-order valence-electron chi connectivity index (χ0n) is 12.0. The number of rotatable bonds is 3. The average molecular weight is 261 g/mol. The van der Waals surface area contributed by atoms with Gasteiger partial charge in [-0.1, -0.05) is 26.0 Å². The third kappa shape index (κ3) is 2.89. The van der Waals surface area contributed by atoms with Gasteiger partial charge in [0.25, 0.3) is 0 Å². The molecule has 1 fully saturated rings. The lowest BCUT2D eigenvalue weighted by Gasteiger charge is -2.39. The Kier molecular flexibility index (Phi) is 4.10. The molecule has 1 amide bonds. The van der Waals surface area contributed by atoms with Crippen LogP contribution in [0, 0.1) is 0 Å². The minimum Gasteiger partial charge on any atom is -0.360 e. The maximum Gasteiger partial charge on any atom is 0.242 e. The predicted octanol–water partition coefficient (Wildman–Crippen LogP) is 1.42.